The maximum Gasteiger partial charge on any atom is 0.263 e. The first-order valence-electron chi connectivity index (χ1n) is 42.8. The zero-order valence-electron chi connectivity index (χ0n) is 72.2. The van der Waals surface area contributed by atoms with Gasteiger partial charge in [-0.1, -0.05) is 101 Å². The Kier molecular flexibility index (Phi) is 29.7. The number of nitrogens with zero attached hydrogens (tertiary/aromatic N) is 13. The van der Waals surface area contributed by atoms with Crippen LogP contribution in [0.15, 0.2) is 278 Å². The molecule has 6 aromatic heterocycles. The van der Waals surface area contributed by atoms with E-state index in [1.807, 2.05) is 126 Å². The number of piperidine rings is 1. The van der Waals surface area contributed by atoms with E-state index in [0.717, 1.165) is 71.3 Å². The number of carbonyl (C=O) groups excluding carboxylic acids is 4. The van der Waals surface area contributed by atoms with E-state index in [1.165, 1.54) is 76.5 Å². The zero-order chi connectivity index (χ0) is 93.8. The van der Waals surface area contributed by atoms with E-state index < -0.39 is 40.1 Å². The highest BCUT2D eigenvalue weighted by molar-refractivity contribution is 7.93. The van der Waals surface area contributed by atoms with Gasteiger partial charge in [0, 0.05) is 182 Å². The van der Waals surface area contributed by atoms with Crippen molar-refractivity contribution in [3.63, 3.8) is 0 Å². The Morgan fingerprint density at radius 1 is 0.552 bits per heavy atom. The van der Waals surface area contributed by atoms with Crippen molar-refractivity contribution in [2.45, 2.75) is 102 Å². The van der Waals surface area contributed by atoms with Gasteiger partial charge < -0.3 is 43.8 Å². The van der Waals surface area contributed by atoms with Crippen molar-refractivity contribution in [3.8, 4) is 11.3 Å². The van der Waals surface area contributed by atoms with Crippen LogP contribution in [-0.2, 0) is 67.4 Å². The van der Waals surface area contributed by atoms with E-state index in [1.54, 1.807) is 119 Å². The predicted octanol–water partition coefficient (Wildman–Crippen LogP) is 17.6. The van der Waals surface area contributed by atoms with Crippen LogP contribution < -0.4 is 43.8 Å². The molecule has 1 unspecified atom stereocenters. The van der Waals surface area contributed by atoms with Gasteiger partial charge in [0.25, 0.3) is 46.0 Å². The van der Waals surface area contributed by atoms with Gasteiger partial charge in [0.15, 0.2) is 15.4 Å². The molecule has 41 heteroatoms. The lowest BCUT2D eigenvalue weighted by Crippen LogP contribution is -2.59. The fraction of sp³-hybridized carbons (Fsp3) is 0.247. The second kappa shape index (κ2) is 42.0. The normalized spacial score (nSPS) is 15.6. The molecule has 134 heavy (non-hydrogen) atoms. The average Bonchev–Trinajstić information content (AvgIpc) is 1.60. The highest BCUT2D eigenvalue weighted by Gasteiger charge is 2.40. The van der Waals surface area contributed by atoms with Crippen molar-refractivity contribution in [1.82, 2.24) is 49.8 Å². The van der Waals surface area contributed by atoms with Crippen molar-refractivity contribution in [3.05, 3.63) is 297 Å². The summed E-state index contributed by atoms with van der Waals surface area (Å²) in [7, 11) is -14.8. The zero-order valence-corrected chi connectivity index (χ0v) is 80.2. The molecule has 4 saturated heterocycles. The molecule has 5 N–H and O–H groups in total. The highest BCUT2D eigenvalue weighted by Crippen LogP contribution is 2.39. The molecule has 4 fully saturated rings. The number of sulfonamides is 4. The summed E-state index contributed by atoms with van der Waals surface area (Å²) in [6, 6.07) is 58.7. The molecule has 2 atom stereocenters. The molecule has 8 aromatic carbocycles. The number of fused-ring (bicyclic) bond motifs is 2. The molecule has 14 aromatic rings. The first-order chi connectivity index (χ1) is 64.6. The number of piperazine rings is 1. The van der Waals surface area contributed by atoms with Crippen LogP contribution in [0.3, 0.4) is 0 Å². The van der Waals surface area contributed by atoms with Crippen LogP contribution in [0.5, 0.6) is 0 Å². The lowest BCUT2D eigenvalue weighted by molar-refractivity contribution is -0.132. The molecule has 11 heterocycles. The van der Waals surface area contributed by atoms with E-state index in [2.05, 4.69) is 73.5 Å². The fourth-order valence-corrected chi connectivity index (χ4v) is 23.4. The second-order valence-electron chi connectivity index (χ2n) is 32.0. The monoisotopic (exact) mass is 2010 g/mol. The number of carbonyl (C=O) groups is 4. The Morgan fingerprint density at radius 3 is 1.68 bits per heavy atom. The van der Waals surface area contributed by atoms with Crippen LogP contribution in [0.25, 0.3) is 22.2 Å². The molecule has 31 nitrogen and oxygen atoms in total. The number of hydrogen-bond acceptors (Lipinski definition) is 25. The van der Waals surface area contributed by atoms with Crippen LogP contribution >= 0.6 is 68.8 Å². The number of halogens is 3. The number of amides is 4. The van der Waals surface area contributed by atoms with Gasteiger partial charge >= 0.3 is 0 Å². The summed E-state index contributed by atoms with van der Waals surface area (Å²) in [5.41, 5.74) is 9.46. The molecule has 0 saturated carbocycles. The summed E-state index contributed by atoms with van der Waals surface area (Å²) in [5.74, 6) is 0.776. The first kappa shape index (κ1) is 94.8. The average molecular weight is 2010 g/mol. The van der Waals surface area contributed by atoms with Crippen LogP contribution in [0, 0.1) is 6.92 Å². The van der Waals surface area contributed by atoms with Gasteiger partial charge in [-0.3, -0.25) is 38.1 Å². The van der Waals surface area contributed by atoms with Gasteiger partial charge in [0.05, 0.1) is 36.6 Å². The topological polar surface area (TPSA) is 380 Å². The highest BCUT2D eigenvalue weighted by atomic mass is 35.5. The van der Waals surface area contributed by atoms with Gasteiger partial charge in [-0.25, -0.2) is 58.6 Å². The van der Waals surface area contributed by atoms with Crippen molar-refractivity contribution in [2.75, 3.05) is 104 Å². The number of aromatic nitrogens is 7. The third-order valence-electron chi connectivity index (χ3n) is 23.5. The van der Waals surface area contributed by atoms with E-state index in [0.29, 0.717) is 137 Å². The van der Waals surface area contributed by atoms with Crippen LogP contribution in [0.1, 0.15) is 90.8 Å². The fourth-order valence-electron chi connectivity index (χ4n) is 16.5. The largest absolute Gasteiger partial charge is 0.368 e. The molecule has 4 amide bonds. The maximum atomic E-state index is 13.4. The molecule has 19 rings (SSSR count). The minimum atomic E-state index is -3.73. The number of anilines is 8. The van der Waals surface area contributed by atoms with Gasteiger partial charge in [0.1, 0.15) is 35.2 Å². The Bertz CT molecular complexity index is 6980. The number of nitrogens with one attached hydrogen (secondary N) is 5. The standard InChI is InChI=1S/C25H23ClN4O4S2.C23H22ClN5O3S2.C23H25N5O3S.C22H21ClN4O3S2.5H2/c1-16-22(23(28-34-16)20-4-2-3-5-21(20)26)24(31)30-13-10-18(11-14-30)17-6-8-19(9-7-17)36(32,33)29-25-27-12-15-35-25;24-17-1-6-21-16(13-17)7-10-28(21)11-8-22(30)26-18-14-29(15-18)19-2-4-20(5-3-19)34(31,32)27-23-25-9-12-33-23;1-18(19-5-3-2-4-6-19)23(29)28-15-13-27(14-16-28)20-7-9-21(10-8-20)32(30,31)26-22-11-12-24-17-25-22;23-16-3-8-19-15(14-16)2-1-11-27(19)20-9-12-26(21(20)28)17-4-6-18(7-5-17)32(29,30)25-22-24-10-13-31-22;;;;;/h2-9,12,15,18H,10-11,13-14H2,1H3,(H,27,29);1-7,9-10,12-13,18H,8,11,14-15H2,(H,25,27)(H,26,30);2-12,17-18H,13-16H2,1H3,(H,24,25,26);3-8,10,13-14,20H,1-2,9,11-12H2,(H,24,25);5*1H/t;;;20-;;;;;/m...1...../s1. The van der Waals surface area contributed by atoms with Crippen LogP contribution in [-0.4, -0.2) is 179 Å². The molecular formula is C93H101Cl3N18O13S7. The van der Waals surface area contributed by atoms with Gasteiger partial charge in [-0.2, -0.15) is 0 Å². The van der Waals surface area contributed by atoms with Gasteiger partial charge in [0.2, 0.25) is 17.7 Å². The second-order valence-corrected chi connectivity index (χ2v) is 42.7. The lowest BCUT2D eigenvalue weighted by atomic mass is 9.89. The van der Waals surface area contributed by atoms with E-state index in [4.69, 9.17) is 39.3 Å². The Hall–Kier alpha value is -12.4. The molecule has 0 spiro atoms. The molecule has 5 aliphatic rings. The third-order valence-corrected chi connectivity index (χ3v) is 32.2. The van der Waals surface area contributed by atoms with Crippen LogP contribution in [0.4, 0.5) is 44.0 Å². The lowest BCUT2D eigenvalue weighted by Gasteiger charge is -2.41. The summed E-state index contributed by atoms with van der Waals surface area (Å²) in [5, 5.41) is 16.2. The number of aryl methyl sites for hydroxylation is 3. The maximum absolute atomic E-state index is 13.4. The first-order valence-corrected chi connectivity index (χ1v) is 52.5. The molecule has 0 radical (unpaired) electrons. The smallest absolute Gasteiger partial charge is 0.263 e. The summed E-state index contributed by atoms with van der Waals surface area (Å²) in [6.07, 6.45) is 13.9. The summed E-state index contributed by atoms with van der Waals surface area (Å²) in [6.45, 7) is 10.8. The number of rotatable bonds is 25. The van der Waals surface area contributed by atoms with E-state index in [-0.39, 0.29) is 80.1 Å². The molecule has 704 valence electrons. The minimum Gasteiger partial charge on any atom is -0.368 e. The Labute approximate surface area is 809 Å². The number of hydrogen-bond donors (Lipinski definition) is 5. The van der Waals surface area contributed by atoms with Crippen LogP contribution in [0.2, 0.25) is 15.1 Å². The Balaban J connectivity index is 0.000000176. The van der Waals surface area contributed by atoms with Crippen molar-refractivity contribution in [2.24, 2.45) is 0 Å². The number of likely N-dealkylation sites (tertiary alicyclic amines) is 1. The minimum absolute atomic E-state index is 0. The van der Waals surface area contributed by atoms with Crippen molar-refractivity contribution in [1.29, 1.82) is 0 Å². The Morgan fingerprint density at radius 2 is 1.10 bits per heavy atom. The summed E-state index contributed by atoms with van der Waals surface area (Å²) < 4.78 is 118. The predicted molar refractivity (Wildman–Crippen MR) is 535 cm³/mol. The molecule has 0 bridgehead atoms. The van der Waals surface area contributed by atoms with E-state index >= 15 is 0 Å². The SMILES string of the molecule is CC(C(=O)N1CCN(c2ccc(S(=O)(=O)Nc3ccncn3)cc2)CC1)c1ccccc1.Cc1onc(-c2ccccc2Cl)c1C(=O)N1CCC(c2ccc(S(=O)(=O)Nc3nccs3)cc2)CC1.O=C(CCn1ccc2cc(Cl)ccc21)NC1CN(c2ccc(S(=O)(=O)Nc3nccs3)cc2)C1.O=C1[C@H](N2CCCc3cc(Cl)ccc32)CCN1c1ccc(S(=O)(=O)Nc2nccs2)cc1.[HH].[HH].[HH].[HH].[HH]. The number of benzene rings is 8. The van der Waals surface area contributed by atoms with Gasteiger partial charge in [-0.05, 0) is 208 Å². The summed E-state index contributed by atoms with van der Waals surface area (Å²) >= 11 is 22.2. The van der Waals surface area contributed by atoms with E-state index in [9.17, 15) is 52.8 Å². The van der Waals surface area contributed by atoms with Gasteiger partial charge in [-0.15, -0.1) is 34.0 Å². The van der Waals surface area contributed by atoms with Crippen molar-refractivity contribution < 1.29 is 64.5 Å². The molecule has 5 aliphatic heterocycles. The molecular weight excluding hydrogens is 1910 g/mol. The van der Waals surface area contributed by atoms with Crippen molar-refractivity contribution >= 4 is 187 Å². The third kappa shape index (κ3) is 22.8. The summed E-state index contributed by atoms with van der Waals surface area (Å²) in [4.78, 5) is 84.1. The number of thiazole rings is 3. The quantitative estimate of drug-likeness (QED) is 0.0355. The molecule has 0 aliphatic carbocycles.